The van der Waals surface area contributed by atoms with Crippen LogP contribution in [0.25, 0.3) is 0 Å². The number of nitrogens with zero attached hydrogens (tertiary/aromatic N) is 3. The molecule has 1 rings (SSSR count). The Morgan fingerprint density at radius 2 is 2.42 bits per heavy atom. The van der Waals surface area contributed by atoms with Crippen molar-refractivity contribution in [2.24, 2.45) is 10.9 Å². The van der Waals surface area contributed by atoms with Crippen molar-refractivity contribution >= 4 is 11.9 Å². The molecule has 0 fully saturated rings. The van der Waals surface area contributed by atoms with Crippen molar-refractivity contribution in [2.45, 2.75) is 0 Å². The molecule has 0 saturated carbocycles. The van der Waals surface area contributed by atoms with Gasteiger partial charge < -0.3 is 5.84 Å². The Morgan fingerprint density at radius 3 is 2.83 bits per heavy atom. The molecule has 0 radical (unpaired) electrons. The van der Waals surface area contributed by atoms with Gasteiger partial charge in [0.05, 0.1) is 16.8 Å². The zero-order valence-electron chi connectivity index (χ0n) is 6.04. The van der Waals surface area contributed by atoms with Gasteiger partial charge in [-0.2, -0.15) is 5.10 Å². The van der Waals surface area contributed by atoms with Crippen molar-refractivity contribution < 1.29 is 4.92 Å². The van der Waals surface area contributed by atoms with Gasteiger partial charge in [0, 0.05) is 6.07 Å². The summed E-state index contributed by atoms with van der Waals surface area (Å²) in [6, 6.07) is 2.80. The number of hydrazone groups is 1. The Balaban J connectivity index is 2.93. The SMILES string of the molecule is N/N=C/c1ccc([N+](=O)[O-])cn1. The summed E-state index contributed by atoms with van der Waals surface area (Å²) in [7, 11) is 0. The first-order valence-electron chi connectivity index (χ1n) is 3.07. The highest BCUT2D eigenvalue weighted by Gasteiger charge is 2.03. The average Bonchev–Trinajstić information content (AvgIpc) is 2.06. The number of hydrogen-bond acceptors (Lipinski definition) is 5. The van der Waals surface area contributed by atoms with Crippen LogP contribution in [0.15, 0.2) is 23.4 Å². The molecular formula is C6H6N4O2. The Kier molecular flexibility index (Phi) is 2.32. The molecule has 1 aromatic rings. The first-order chi connectivity index (χ1) is 5.74. The molecule has 0 aliphatic heterocycles. The third-order valence-corrected chi connectivity index (χ3v) is 1.19. The normalized spacial score (nSPS) is 10.3. The predicted octanol–water partition coefficient (Wildman–Crippen LogP) is 0.282. The average molecular weight is 166 g/mol. The van der Waals surface area contributed by atoms with E-state index in [1.165, 1.54) is 18.3 Å². The van der Waals surface area contributed by atoms with Crippen molar-refractivity contribution in [1.29, 1.82) is 0 Å². The fourth-order valence-electron chi connectivity index (χ4n) is 0.658. The van der Waals surface area contributed by atoms with Gasteiger partial charge in [-0.05, 0) is 6.07 Å². The molecule has 2 N–H and O–H groups in total. The van der Waals surface area contributed by atoms with Crippen LogP contribution in [0.3, 0.4) is 0 Å². The van der Waals surface area contributed by atoms with Gasteiger partial charge in [-0.15, -0.1) is 0 Å². The molecule has 0 bridgehead atoms. The van der Waals surface area contributed by atoms with Gasteiger partial charge in [-0.1, -0.05) is 0 Å². The number of nitrogens with two attached hydrogens (primary N) is 1. The summed E-state index contributed by atoms with van der Waals surface area (Å²) in [6.45, 7) is 0. The van der Waals surface area contributed by atoms with Gasteiger partial charge in [0.15, 0.2) is 0 Å². The summed E-state index contributed by atoms with van der Waals surface area (Å²) in [5, 5.41) is 13.4. The van der Waals surface area contributed by atoms with Crippen LogP contribution < -0.4 is 5.84 Å². The fourth-order valence-corrected chi connectivity index (χ4v) is 0.658. The summed E-state index contributed by atoms with van der Waals surface area (Å²) in [5.41, 5.74) is 0.437. The lowest BCUT2D eigenvalue weighted by Gasteiger charge is -1.90. The van der Waals surface area contributed by atoms with E-state index in [0.717, 1.165) is 6.20 Å². The number of pyridine rings is 1. The molecule has 62 valence electrons. The second-order valence-electron chi connectivity index (χ2n) is 1.98. The van der Waals surface area contributed by atoms with Gasteiger partial charge in [0.2, 0.25) is 0 Å². The molecule has 0 unspecified atom stereocenters. The largest absolute Gasteiger partial charge is 0.323 e. The van der Waals surface area contributed by atoms with Crippen LogP contribution in [0.2, 0.25) is 0 Å². The maximum Gasteiger partial charge on any atom is 0.287 e. The van der Waals surface area contributed by atoms with Gasteiger partial charge in [-0.25, -0.2) is 4.98 Å². The van der Waals surface area contributed by atoms with Crippen LogP contribution in [-0.2, 0) is 0 Å². The Morgan fingerprint density at radius 1 is 1.67 bits per heavy atom. The Bertz CT molecular complexity index is 306. The highest BCUT2D eigenvalue weighted by molar-refractivity contribution is 5.76. The quantitative estimate of drug-likeness (QED) is 0.295. The van der Waals surface area contributed by atoms with Crippen LogP contribution in [0.1, 0.15) is 5.69 Å². The summed E-state index contributed by atoms with van der Waals surface area (Å²) < 4.78 is 0. The van der Waals surface area contributed by atoms with Crippen molar-refractivity contribution in [3.63, 3.8) is 0 Å². The van der Waals surface area contributed by atoms with Gasteiger partial charge in [0.1, 0.15) is 6.20 Å². The summed E-state index contributed by atoms with van der Waals surface area (Å²) in [6.07, 6.45) is 2.46. The molecule has 0 aliphatic rings. The van der Waals surface area contributed by atoms with Crippen LogP contribution in [0.5, 0.6) is 0 Å². The van der Waals surface area contributed by atoms with Crippen molar-refractivity contribution in [3.05, 3.63) is 34.1 Å². The molecule has 0 aromatic carbocycles. The van der Waals surface area contributed by atoms with Crippen LogP contribution in [-0.4, -0.2) is 16.1 Å². The zero-order chi connectivity index (χ0) is 8.97. The maximum atomic E-state index is 10.2. The van der Waals surface area contributed by atoms with Crippen LogP contribution in [0, 0.1) is 10.1 Å². The van der Waals surface area contributed by atoms with Gasteiger partial charge in [-0.3, -0.25) is 10.1 Å². The minimum Gasteiger partial charge on any atom is -0.323 e. The topological polar surface area (TPSA) is 94.4 Å². The summed E-state index contributed by atoms with van der Waals surface area (Å²) in [5.74, 6) is 4.85. The lowest BCUT2D eigenvalue weighted by atomic mass is 10.3. The maximum absolute atomic E-state index is 10.2. The van der Waals surface area contributed by atoms with Crippen LogP contribution in [0.4, 0.5) is 5.69 Å². The summed E-state index contributed by atoms with van der Waals surface area (Å²) in [4.78, 5) is 13.4. The smallest absolute Gasteiger partial charge is 0.287 e. The molecule has 0 aliphatic carbocycles. The van der Waals surface area contributed by atoms with Crippen LogP contribution >= 0.6 is 0 Å². The first-order valence-corrected chi connectivity index (χ1v) is 3.07. The van der Waals surface area contributed by atoms with Gasteiger partial charge in [0.25, 0.3) is 5.69 Å². The highest BCUT2D eigenvalue weighted by atomic mass is 16.6. The second-order valence-corrected chi connectivity index (χ2v) is 1.98. The summed E-state index contributed by atoms with van der Waals surface area (Å²) >= 11 is 0. The number of nitro groups is 1. The molecule has 1 aromatic heterocycles. The van der Waals surface area contributed by atoms with Crippen molar-refractivity contribution in [1.82, 2.24) is 4.98 Å². The first kappa shape index (κ1) is 8.12. The van der Waals surface area contributed by atoms with Gasteiger partial charge >= 0.3 is 0 Å². The van der Waals surface area contributed by atoms with E-state index in [1.807, 2.05) is 0 Å². The molecule has 0 atom stereocenters. The zero-order valence-corrected chi connectivity index (χ0v) is 6.04. The number of hydrogen-bond donors (Lipinski definition) is 1. The molecule has 1 heterocycles. The lowest BCUT2D eigenvalue weighted by Crippen LogP contribution is -1.93. The predicted molar refractivity (Wildman–Crippen MR) is 42.7 cm³/mol. The van der Waals surface area contributed by atoms with Crippen molar-refractivity contribution in [2.75, 3.05) is 0 Å². The molecule has 0 saturated heterocycles. The van der Waals surface area contributed by atoms with Crippen molar-refractivity contribution in [3.8, 4) is 0 Å². The van der Waals surface area contributed by atoms with E-state index in [0.29, 0.717) is 5.69 Å². The second kappa shape index (κ2) is 3.42. The molecule has 6 nitrogen and oxygen atoms in total. The minimum atomic E-state index is -0.517. The third-order valence-electron chi connectivity index (χ3n) is 1.19. The third kappa shape index (κ3) is 1.75. The van der Waals surface area contributed by atoms with E-state index in [2.05, 4.69) is 10.1 Å². The molecule has 12 heavy (non-hydrogen) atoms. The van der Waals surface area contributed by atoms with E-state index in [4.69, 9.17) is 5.84 Å². The van der Waals surface area contributed by atoms with E-state index in [9.17, 15) is 10.1 Å². The van der Waals surface area contributed by atoms with E-state index >= 15 is 0 Å². The molecule has 0 spiro atoms. The highest BCUT2D eigenvalue weighted by Crippen LogP contribution is 2.07. The molecule has 6 heteroatoms. The lowest BCUT2D eigenvalue weighted by molar-refractivity contribution is -0.385. The monoisotopic (exact) mass is 166 g/mol. The molecule has 0 amide bonds. The Labute approximate surface area is 67.9 Å². The molecular weight excluding hydrogens is 160 g/mol. The van der Waals surface area contributed by atoms with E-state index < -0.39 is 4.92 Å². The fraction of sp³-hybridized carbons (Fsp3) is 0. The van der Waals surface area contributed by atoms with E-state index in [1.54, 1.807) is 0 Å². The number of rotatable bonds is 2. The Hall–Kier alpha value is -1.98. The number of aromatic nitrogens is 1. The van der Waals surface area contributed by atoms with E-state index in [-0.39, 0.29) is 5.69 Å². The standard InChI is InChI=1S/C6H6N4O2/c7-9-3-5-1-2-6(4-8-5)10(11)12/h1-4H,7H2/b9-3+. The minimum absolute atomic E-state index is 0.0517.